The summed E-state index contributed by atoms with van der Waals surface area (Å²) in [6.45, 7) is 2.46. The lowest BCUT2D eigenvalue weighted by Crippen LogP contribution is -2.33. The number of benzene rings is 2. The number of allylic oxidation sites excluding steroid dienone is 2. The van der Waals surface area contributed by atoms with Gasteiger partial charge in [0.2, 0.25) is 0 Å². The molecular weight excluding hydrogens is 452 g/mol. The molecule has 0 unspecified atom stereocenters. The molecule has 1 N–H and O–H groups in total. The Bertz CT molecular complexity index is 1470. The Hall–Kier alpha value is -3.95. The van der Waals surface area contributed by atoms with E-state index in [-0.39, 0.29) is 23.8 Å². The molecule has 0 bridgehead atoms. The molecule has 0 amide bonds. The molecule has 1 aliphatic heterocycles. The molecular formula is C26H23F2N5O2. The van der Waals surface area contributed by atoms with E-state index in [0.29, 0.717) is 51.8 Å². The van der Waals surface area contributed by atoms with Crippen molar-refractivity contribution in [3.05, 3.63) is 78.4 Å². The molecule has 9 heteroatoms. The third-order valence-electron chi connectivity index (χ3n) is 5.79. The maximum absolute atomic E-state index is 16.0. The van der Waals surface area contributed by atoms with Crippen LogP contribution in [0.3, 0.4) is 0 Å². The van der Waals surface area contributed by atoms with E-state index in [2.05, 4.69) is 20.4 Å². The highest BCUT2D eigenvalue weighted by Crippen LogP contribution is 2.38. The Balaban J connectivity index is 1.74. The maximum atomic E-state index is 16.0. The fourth-order valence-corrected chi connectivity index (χ4v) is 4.22. The Morgan fingerprint density at radius 3 is 2.83 bits per heavy atom. The predicted octanol–water partition coefficient (Wildman–Crippen LogP) is 5.06. The van der Waals surface area contributed by atoms with E-state index in [4.69, 9.17) is 9.47 Å². The minimum absolute atomic E-state index is 0.0161. The maximum Gasteiger partial charge on any atom is 0.188 e. The zero-order valence-electron chi connectivity index (χ0n) is 19.3. The normalized spacial score (nSPS) is 13.5. The van der Waals surface area contributed by atoms with Crippen molar-refractivity contribution in [1.29, 1.82) is 0 Å². The highest BCUT2D eigenvalue weighted by molar-refractivity contribution is 6.01. The lowest BCUT2D eigenvalue weighted by molar-refractivity contribution is 0.0512. The minimum Gasteiger partial charge on any atom is -0.468 e. The van der Waals surface area contributed by atoms with E-state index in [0.717, 1.165) is 0 Å². The number of hydrogen-bond acceptors (Lipinski definition) is 7. The van der Waals surface area contributed by atoms with Gasteiger partial charge >= 0.3 is 0 Å². The van der Waals surface area contributed by atoms with E-state index in [1.807, 2.05) is 25.2 Å². The van der Waals surface area contributed by atoms with Crippen molar-refractivity contribution in [2.45, 2.75) is 13.3 Å². The molecule has 3 heterocycles. The van der Waals surface area contributed by atoms with Gasteiger partial charge in [-0.05, 0) is 47.0 Å². The second-order valence-electron chi connectivity index (χ2n) is 7.88. The van der Waals surface area contributed by atoms with Crippen molar-refractivity contribution < 1.29 is 18.3 Å². The van der Waals surface area contributed by atoms with Crippen LogP contribution in [0.25, 0.3) is 32.9 Å². The van der Waals surface area contributed by atoms with Crippen LogP contribution in [0, 0.1) is 11.6 Å². The number of nitrogens with zero attached hydrogens (tertiary/aromatic N) is 4. The van der Waals surface area contributed by atoms with Gasteiger partial charge in [-0.2, -0.15) is 0 Å². The molecule has 4 aromatic rings. The second kappa shape index (κ2) is 9.73. The lowest BCUT2D eigenvalue weighted by Gasteiger charge is -2.20. The van der Waals surface area contributed by atoms with Crippen molar-refractivity contribution in [3.8, 4) is 17.0 Å². The fraction of sp³-hybridized carbons (Fsp3) is 0.192. The van der Waals surface area contributed by atoms with Crippen LogP contribution in [0.2, 0.25) is 0 Å². The summed E-state index contributed by atoms with van der Waals surface area (Å²) >= 11 is 0. The van der Waals surface area contributed by atoms with E-state index >= 15 is 4.39 Å². The van der Waals surface area contributed by atoms with Crippen molar-refractivity contribution in [2.24, 2.45) is 0 Å². The Kier molecular flexibility index (Phi) is 6.35. The van der Waals surface area contributed by atoms with Crippen molar-refractivity contribution in [1.82, 2.24) is 20.4 Å². The monoisotopic (exact) mass is 475 g/mol. The quantitative estimate of drug-likeness (QED) is 0.391. The molecule has 0 atom stereocenters. The van der Waals surface area contributed by atoms with Crippen LogP contribution in [0.1, 0.15) is 12.5 Å². The number of aryl methyl sites for hydroxylation is 1. The summed E-state index contributed by atoms with van der Waals surface area (Å²) in [5, 5.41) is 3.43. The van der Waals surface area contributed by atoms with Gasteiger partial charge in [-0.25, -0.2) is 24.2 Å². The Morgan fingerprint density at radius 1 is 1.11 bits per heavy atom. The molecule has 178 valence electrons. The molecule has 2 aromatic carbocycles. The van der Waals surface area contributed by atoms with E-state index < -0.39 is 5.82 Å². The summed E-state index contributed by atoms with van der Waals surface area (Å²) in [7, 11) is 1.51. The molecule has 2 aromatic heterocycles. The standard InChI is InChI=1S/C26H23F2N5O2/c1-3-18-21(27)8-7-16-11-17(35-15-34-2)12-19(22(16)18)24-23(28)25-20(13-29-24)26(31-14-30-25)33-10-6-4-5-9-32-33/h4-8,10-14,32H,3,9,15H2,1-2H3. The highest BCUT2D eigenvalue weighted by atomic mass is 19.1. The first-order valence-corrected chi connectivity index (χ1v) is 11.1. The van der Waals surface area contributed by atoms with Crippen LogP contribution < -0.4 is 15.2 Å². The number of anilines is 1. The lowest BCUT2D eigenvalue weighted by atomic mass is 9.94. The first-order valence-electron chi connectivity index (χ1n) is 11.1. The van der Waals surface area contributed by atoms with Crippen molar-refractivity contribution in [3.63, 3.8) is 0 Å². The number of hydrogen-bond donors (Lipinski definition) is 1. The summed E-state index contributed by atoms with van der Waals surface area (Å²) in [5.74, 6) is -0.0563. The zero-order valence-corrected chi connectivity index (χ0v) is 19.3. The average Bonchev–Trinajstić information content (AvgIpc) is 3.17. The highest BCUT2D eigenvalue weighted by Gasteiger charge is 2.21. The number of fused-ring (bicyclic) bond motifs is 2. The Morgan fingerprint density at radius 2 is 2.00 bits per heavy atom. The van der Waals surface area contributed by atoms with Crippen molar-refractivity contribution >= 4 is 27.5 Å². The van der Waals surface area contributed by atoms with Gasteiger partial charge in [0.1, 0.15) is 29.1 Å². The van der Waals surface area contributed by atoms with Crippen LogP contribution in [-0.2, 0) is 11.2 Å². The summed E-state index contributed by atoms with van der Waals surface area (Å²) in [5.41, 5.74) is 4.24. The van der Waals surface area contributed by atoms with Gasteiger partial charge in [0, 0.05) is 31.6 Å². The number of nitrogens with one attached hydrogen (secondary N) is 1. The summed E-state index contributed by atoms with van der Waals surface area (Å²) in [6.07, 6.45) is 10.8. The number of pyridine rings is 1. The molecule has 5 rings (SSSR count). The van der Waals surface area contributed by atoms with E-state index in [9.17, 15) is 4.39 Å². The minimum atomic E-state index is -0.625. The zero-order chi connectivity index (χ0) is 24.4. The van der Waals surface area contributed by atoms with Gasteiger partial charge in [0.25, 0.3) is 0 Å². The largest absolute Gasteiger partial charge is 0.468 e. The third-order valence-corrected chi connectivity index (χ3v) is 5.79. The molecule has 7 nitrogen and oxygen atoms in total. The topological polar surface area (TPSA) is 72.4 Å². The molecule has 0 aliphatic carbocycles. The molecule has 1 aliphatic rings. The summed E-state index contributed by atoms with van der Waals surface area (Å²) in [4.78, 5) is 13.0. The number of hydrazine groups is 1. The number of methoxy groups -OCH3 is 1. The molecule has 0 saturated carbocycles. The van der Waals surface area contributed by atoms with Crippen LogP contribution in [0.5, 0.6) is 5.75 Å². The molecule has 0 saturated heterocycles. The van der Waals surface area contributed by atoms with Crippen molar-refractivity contribution in [2.75, 3.05) is 25.5 Å². The number of rotatable bonds is 6. The smallest absolute Gasteiger partial charge is 0.188 e. The van der Waals surface area contributed by atoms with Gasteiger partial charge in [-0.15, -0.1) is 0 Å². The molecule has 0 spiro atoms. The first-order chi connectivity index (χ1) is 17.1. The predicted molar refractivity (Wildman–Crippen MR) is 131 cm³/mol. The first kappa shape index (κ1) is 22.8. The van der Waals surface area contributed by atoms with Crippen LogP contribution in [0.15, 0.2) is 61.2 Å². The average molecular weight is 475 g/mol. The van der Waals surface area contributed by atoms with Crippen LogP contribution in [-0.4, -0.2) is 35.4 Å². The SMILES string of the molecule is CCc1c(F)ccc2cc(OCOC)cc(-c3ncc4c(N5C=CC=CCN5)ncnc4c3F)c12. The van der Waals surface area contributed by atoms with Gasteiger partial charge in [0.05, 0.1) is 5.39 Å². The Labute approximate surface area is 200 Å². The van der Waals surface area contributed by atoms with Gasteiger partial charge in [0.15, 0.2) is 18.4 Å². The second-order valence-corrected chi connectivity index (χ2v) is 7.88. The van der Waals surface area contributed by atoms with Gasteiger partial charge in [-0.3, -0.25) is 9.99 Å². The van der Waals surface area contributed by atoms with E-state index in [1.54, 1.807) is 29.4 Å². The molecule has 0 fully saturated rings. The van der Waals surface area contributed by atoms with Crippen LogP contribution >= 0.6 is 0 Å². The number of aromatic nitrogens is 3. The number of ether oxygens (including phenoxy) is 2. The van der Waals surface area contributed by atoms with E-state index in [1.165, 1.54) is 25.7 Å². The molecule has 0 radical (unpaired) electrons. The van der Waals surface area contributed by atoms with Gasteiger partial charge in [-0.1, -0.05) is 25.1 Å². The van der Waals surface area contributed by atoms with Crippen LogP contribution in [0.4, 0.5) is 14.6 Å². The fourth-order valence-electron chi connectivity index (χ4n) is 4.22. The summed E-state index contributed by atoms with van der Waals surface area (Å²) < 4.78 is 41.5. The third kappa shape index (κ3) is 4.20. The van der Waals surface area contributed by atoms with Gasteiger partial charge < -0.3 is 9.47 Å². The summed E-state index contributed by atoms with van der Waals surface area (Å²) in [6, 6.07) is 6.49. The number of halogens is 2. The molecule has 35 heavy (non-hydrogen) atoms.